The van der Waals surface area contributed by atoms with E-state index in [2.05, 4.69) is 27.5 Å². The summed E-state index contributed by atoms with van der Waals surface area (Å²) in [4.78, 5) is 4.04. The van der Waals surface area contributed by atoms with E-state index in [-0.39, 0.29) is 12.1 Å². The van der Waals surface area contributed by atoms with E-state index in [9.17, 15) is 13.2 Å². The molecule has 0 saturated carbocycles. The molecule has 0 saturated heterocycles. The molecule has 0 unspecified atom stereocenters. The summed E-state index contributed by atoms with van der Waals surface area (Å²) in [7, 11) is 1.64. The van der Waals surface area contributed by atoms with E-state index in [1.807, 2.05) is 20.8 Å². The Balaban J connectivity index is 2.65. The number of hydrogen-bond acceptors (Lipinski definition) is 1. The summed E-state index contributed by atoms with van der Waals surface area (Å²) in [5.74, 6) is 6.07. The molecule has 0 aliphatic rings. The predicted octanol–water partition coefficient (Wildman–Crippen LogP) is 3.02. The standard InChI is InChI=1S/C16H20F3N3/c1-15(2,3)22-14(20-4)21-10-6-8-12-7-5-9-13(11-12)16(17,18)19/h5,7,9,11H,10H2,1-4H3,(H2,20,21,22). The molecule has 2 N–H and O–H groups in total. The van der Waals surface area contributed by atoms with E-state index in [0.29, 0.717) is 11.5 Å². The zero-order chi connectivity index (χ0) is 16.8. The van der Waals surface area contributed by atoms with Crippen LogP contribution in [0.3, 0.4) is 0 Å². The lowest BCUT2D eigenvalue weighted by molar-refractivity contribution is -0.137. The molecule has 1 rings (SSSR count). The van der Waals surface area contributed by atoms with Crippen LogP contribution in [0.4, 0.5) is 13.2 Å². The molecule has 120 valence electrons. The van der Waals surface area contributed by atoms with Crippen LogP contribution in [0.25, 0.3) is 0 Å². The van der Waals surface area contributed by atoms with Gasteiger partial charge < -0.3 is 10.6 Å². The van der Waals surface area contributed by atoms with Crippen LogP contribution >= 0.6 is 0 Å². The lowest BCUT2D eigenvalue weighted by Crippen LogP contribution is -2.47. The maximum absolute atomic E-state index is 12.6. The SMILES string of the molecule is CN=C(NCC#Cc1cccc(C(F)(F)F)c1)NC(C)(C)C. The van der Waals surface area contributed by atoms with Crippen LogP contribution < -0.4 is 10.6 Å². The fourth-order valence-corrected chi connectivity index (χ4v) is 1.58. The van der Waals surface area contributed by atoms with Gasteiger partial charge in [0.1, 0.15) is 0 Å². The van der Waals surface area contributed by atoms with E-state index in [1.165, 1.54) is 6.07 Å². The second kappa shape index (κ2) is 7.21. The Morgan fingerprint density at radius 3 is 2.45 bits per heavy atom. The molecule has 0 spiro atoms. The van der Waals surface area contributed by atoms with Gasteiger partial charge in [0.15, 0.2) is 5.96 Å². The third-order valence-electron chi connectivity index (χ3n) is 2.48. The first kappa shape index (κ1) is 17.9. The van der Waals surface area contributed by atoms with Gasteiger partial charge in [-0.15, -0.1) is 0 Å². The molecule has 6 heteroatoms. The first-order chi connectivity index (χ1) is 10.1. The summed E-state index contributed by atoms with van der Waals surface area (Å²) in [6.07, 6.45) is -4.35. The minimum Gasteiger partial charge on any atom is -0.352 e. The topological polar surface area (TPSA) is 36.4 Å². The molecular weight excluding hydrogens is 291 g/mol. The van der Waals surface area contributed by atoms with Gasteiger partial charge in [-0.3, -0.25) is 4.99 Å². The van der Waals surface area contributed by atoms with Gasteiger partial charge in [-0.05, 0) is 39.0 Å². The zero-order valence-corrected chi connectivity index (χ0v) is 13.1. The number of halogens is 3. The van der Waals surface area contributed by atoms with Crippen molar-refractivity contribution in [2.75, 3.05) is 13.6 Å². The second-order valence-electron chi connectivity index (χ2n) is 5.68. The highest BCUT2D eigenvalue weighted by Crippen LogP contribution is 2.29. The van der Waals surface area contributed by atoms with E-state index >= 15 is 0 Å². The second-order valence-corrected chi connectivity index (χ2v) is 5.68. The molecule has 0 atom stereocenters. The summed E-state index contributed by atoms with van der Waals surface area (Å²) in [5.41, 5.74) is -0.510. The number of nitrogens with one attached hydrogen (secondary N) is 2. The van der Waals surface area contributed by atoms with Gasteiger partial charge in [0, 0.05) is 18.2 Å². The predicted molar refractivity (Wildman–Crippen MR) is 82.6 cm³/mol. The molecule has 0 fully saturated rings. The fourth-order valence-electron chi connectivity index (χ4n) is 1.58. The average molecular weight is 311 g/mol. The highest BCUT2D eigenvalue weighted by molar-refractivity contribution is 5.80. The van der Waals surface area contributed by atoms with Gasteiger partial charge in [-0.25, -0.2) is 0 Å². The molecule has 0 bridgehead atoms. The highest BCUT2D eigenvalue weighted by atomic mass is 19.4. The van der Waals surface area contributed by atoms with Gasteiger partial charge in [0.2, 0.25) is 0 Å². The van der Waals surface area contributed by atoms with E-state index in [0.717, 1.165) is 12.1 Å². The van der Waals surface area contributed by atoms with Crippen molar-refractivity contribution >= 4 is 5.96 Å². The Bertz CT molecular complexity index is 587. The highest BCUT2D eigenvalue weighted by Gasteiger charge is 2.30. The Kier molecular flexibility index (Phi) is 5.86. The lowest BCUT2D eigenvalue weighted by Gasteiger charge is -2.23. The number of aliphatic imine (C=N–C) groups is 1. The van der Waals surface area contributed by atoms with Crippen molar-refractivity contribution in [2.45, 2.75) is 32.5 Å². The van der Waals surface area contributed by atoms with Crippen molar-refractivity contribution in [3.05, 3.63) is 35.4 Å². The third-order valence-corrected chi connectivity index (χ3v) is 2.48. The van der Waals surface area contributed by atoms with Gasteiger partial charge in [0.25, 0.3) is 0 Å². The summed E-state index contributed by atoms with van der Waals surface area (Å²) in [5, 5.41) is 6.14. The van der Waals surface area contributed by atoms with Gasteiger partial charge in [-0.2, -0.15) is 13.2 Å². The van der Waals surface area contributed by atoms with E-state index in [1.54, 1.807) is 13.1 Å². The molecule has 1 aromatic carbocycles. The van der Waals surface area contributed by atoms with Crippen LogP contribution in [0.15, 0.2) is 29.3 Å². The van der Waals surface area contributed by atoms with Crippen LogP contribution in [-0.2, 0) is 6.18 Å². The average Bonchev–Trinajstić information content (AvgIpc) is 2.40. The fraction of sp³-hybridized carbons (Fsp3) is 0.438. The van der Waals surface area contributed by atoms with Crippen LogP contribution in [0.5, 0.6) is 0 Å². The first-order valence-electron chi connectivity index (χ1n) is 6.77. The quantitative estimate of drug-likeness (QED) is 0.475. The molecule has 1 aromatic rings. The van der Waals surface area contributed by atoms with Crippen molar-refractivity contribution in [3.8, 4) is 11.8 Å². The molecule has 0 heterocycles. The Labute approximate surface area is 129 Å². The zero-order valence-electron chi connectivity index (χ0n) is 13.1. The Morgan fingerprint density at radius 1 is 1.23 bits per heavy atom. The molecule has 0 aromatic heterocycles. The van der Waals surface area contributed by atoms with Crippen molar-refractivity contribution in [2.24, 2.45) is 4.99 Å². The minimum atomic E-state index is -4.35. The number of nitrogens with zero attached hydrogens (tertiary/aromatic N) is 1. The molecule has 0 radical (unpaired) electrons. The monoisotopic (exact) mass is 311 g/mol. The number of hydrogen-bond donors (Lipinski definition) is 2. The van der Waals surface area contributed by atoms with Crippen LogP contribution in [0.1, 0.15) is 31.9 Å². The van der Waals surface area contributed by atoms with Gasteiger partial charge in [0.05, 0.1) is 12.1 Å². The summed E-state index contributed by atoms with van der Waals surface area (Å²) < 4.78 is 37.7. The Hall–Kier alpha value is -2.16. The lowest BCUT2D eigenvalue weighted by atomic mass is 10.1. The summed E-state index contributed by atoms with van der Waals surface area (Å²) >= 11 is 0. The largest absolute Gasteiger partial charge is 0.416 e. The maximum Gasteiger partial charge on any atom is 0.416 e. The molecule has 3 nitrogen and oxygen atoms in total. The van der Waals surface area contributed by atoms with Crippen LogP contribution in [-0.4, -0.2) is 25.1 Å². The molecule has 22 heavy (non-hydrogen) atoms. The minimum absolute atomic E-state index is 0.143. The molecule has 0 aliphatic carbocycles. The molecule has 0 amide bonds. The van der Waals surface area contributed by atoms with Crippen molar-refractivity contribution in [1.82, 2.24) is 10.6 Å². The van der Waals surface area contributed by atoms with Gasteiger partial charge >= 0.3 is 6.18 Å². The smallest absolute Gasteiger partial charge is 0.352 e. The Morgan fingerprint density at radius 2 is 1.91 bits per heavy atom. The number of benzene rings is 1. The number of alkyl halides is 3. The van der Waals surface area contributed by atoms with E-state index in [4.69, 9.17) is 0 Å². The molecule has 0 aliphatic heterocycles. The molecular formula is C16H20F3N3. The van der Waals surface area contributed by atoms with Crippen LogP contribution in [0, 0.1) is 11.8 Å². The van der Waals surface area contributed by atoms with Crippen LogP contribution in [0.2, 0.25) is 0 Å². The van der Waals surface area contributed by atoms with Crippen molar-refractivity contribution in [1.29, 1.82) is 0 Å². The normalized spacial score (nSPS) is 12.4. The first-order valence-corrected chi connectivity index (χ1v) is 6.77. The van der Waals surface area contributed by atoms with Crippen molar-refractivity contribution in [3.63, 3.8) is 0 Å². The number of guanidine groups is 1. The van der Waals surface area contributed by atoms with Gasteiger partial charge in [-0.1, -0.05) is 17.9 Å². The summed E-state index contributed by atoms with van der Waals surface area (Å²) in [6.45, 7) is 6.27. The third kappa shape index (κ3) is 6.53. The van der Waals surface area contributed by atoms with Crippen molar-refractivity contribution < 1.29 is 13.2 Å². The maximum atomic E-state index is 12.6. The van der Waals surface area contributed by atoms with E-state index < -0.39 is 11.7 Å². The summed E-state index contributed by atoms with van der Waals surface area (Å²) in [6, 6.07) is 4.96. The number of rotatable bonds is 1.